The number of esters is 1. The molecule has 1 amide bonds. The van der Waals surface area contributed by atoms with Crippen LogP contribution in [0.4, 0.5) is 5.13 Å². The number of nitrogens with zero attached hydrogens (tertiary/aromatic N) is 1. The maximum Gasteiger partial charge on any atom is 0.311 e. The summed E-state index contributed by atoms with van der Waals surface area (Å²) in [6, 6.07) is 3.24. The molecule has 0 saturated heterocycles. The molecule has 1 aromatic heterocycles. The number of anilines is 1. The molecule has 2 aromatic rings. The summed E-state index contributed by atoms with van der Waals surface area (Å²) in [6.07, 6.45) is -0.00936. The van der Waals surface area contributed by atoms with Gasteiger partial charge in [0.25, 0.3) is 0 Å². The normalized spacial score (nSPS) is 14.1. The molecule has 0 spiro atoms. The molecule has 1 aliphatic rings. The van der Waals surface area contributed by atoms with Gasteiger partial charge >= 0.3 is 5.97 Å². The number of sulfonamides is 1. The summed E-state index contributed by atoms with van der Waals surface area (Å²) in [7, 11) is -4.02. The third-order valence-electron chi connectivity index (χ3n) is 4.47. The van der Waals surface area contributed by atoms with Crippen molar-refractivity contribution in [1.29, 1.82) is 0 Å². The second-order valence-electron chi connectivity index (χ2n) is 7.26. The smallest absolute Gasteiger partial charge is 0.311 e. The maximum atomic E-state index is 12.9. The molecule has 12 heteroatoms. The molecule has 3 rings (SSSR count). The van der Waals surface area contributed by atoms with Gasteiger partial charge in [-0.2, -0.15) is 4.72 Å². The van der Waals surface area contributed by atoms with E-state index in [-0.39, 0.29) is 29.0 Å². The largest absolute Gasteiger partial charge is 0.486 e. The number of carbonyl (C=O) groups excluding carboxylic acids is 2. The van der Waals surface area contributed by atoms with E-state index in [0.717, 1.165) is 11.3 Å². The summed E-state index contributed by atoms with van der Waals surface area (Å²) in [5.41, 5.74) is 0.460. The Bertz CT molecular complexity index is 1080. The van der Waals surface area contributed by atoms with Crippen LogP contribution in [0.2, 0.25) is 0 Å². The van der Waals surface area contributed by atoms with Crippen LogP contribution in [0.15, 0.2) is 28.5 Å². The average Bonchev–Trinajstić information content (AvgIpc) is 3.18. The van der Waals surface area contributed by atoms with Crippen LogP contribution in [0.5, 0.6) is 11.5 Å². The zero-order valence-corrected chi connectivity index (χ0v) is 19.5. The first kappa shape index (κ1) is 24.0. The lowest BCUT2D eigenvalue weighted by Gasteiger charge is -2.22. The van der Waals surface area contributed by atoms with Gasteiger partial charge in [-0.15, -0.1) is 11.3 Å². The lowest BCUT2D eigenvalue weighted by Crippen LogP contribution is -2.47. The lowest BCUT2D eigenvalue weighted by molar-refractivity contribution is -0.142. The van der Waals surface area contributed by atoms with E-state index in [1.54, 1.807) is 26.2 Å². The van der Waals surface area contributed by atoms with Gasteiger partial charge < -0.3 is 19.5 Å². The van der Waals surface area contributed by atoms with Crippen molar-refractivity contribution in [1.82, 2.24) is 9.71 Å². The van der Waals surface area contributed by atoms with Gasteiger partial charge in [0.15, 0.2) is 16.6 Å². The van der Waals surface area contributed by atoms with Crippen molar-refractivity contribution in [3.8, 4) is 11.5 Å². The van der Waals surface area contributed by atoms with Crippen molar-refractivity contribution in [2.75, 3.05) is 25.1 Å². The van der Waals surface area contributed by atoms with Crippen molar-refractivity contribution in [2.45, 2.75) is 38.1 Å². The molecule has 2 N–H and O–H groups in total. The summed E-state index contributed by atoms with van der Waals surface area (Å²) in [5, 5.41) is 4.52. The molecule has 1 aromatic carbocycles. The molecule has 0 radical (unpaired) electrons. The Morgan fingerprint density at radius 1 is 1.22 bits per heavy atom. The number of benzene rings is 1. The van der Waals surface area contributed by atoms with Crippen LogP contribution < -0.4 is 19.5 Å². The summed E-state index contributed by atoms with van der Waals surface area (Å²) in [6.45, 7) is 6.15. The van der Waals surface area contributed by atoms with Crippen LogP contribution in [-0.4, -0.2) is 51.1 Å². The van der Waals surface area contributed by atoms with Crippen molar-refractivity contribution >= 4 is 38.4 Å². The van der Waals surface area contributed by atoms with Crippen LogP contribution in [0.3, 0.4) is 0 Å². The van der Waals surface area contributed by atoms with Crippen LogP contribution in [0.1, 0.15) is 26.5 Å². The number of carbonyl (C=O) groups is 2. The van der Waals surface area contributed by atoms with Crippen LogP contribution in [-0.2, 0) is 30.8 Å². The average molecular weight is 484 g/mol. The van der Waals surface area contributed by atoms with E-state index in [1.807, 2.05) is 0 Å². The van der Waals surface area contributed by atoms with Crippen molar-refractivity contribution in [3.63, 3.8) is 0 Å². The van der Waals surface area contributed by atoms with Gasteiger partial charge in [-0.1, -0.05) is 13.8 Å². The Hall–Kier alpha value is -2.70. The van der Waals surface area contributed by atoms with E-state index in [2.05, 4.69) is 15.0 Å². The van der Waals surface area contributed by atoms with Gasteiger partial charge in [-0.05, 0) is 25.0 Å². The first-order valence-electron chi connectivity index (χ1n) is 10.0. The maximum absolute atomic E-state index is 12.9. The minimum Gasteiger partial charge on any atom is -0.486 e. The number of aromatic nitrogens is 1. The summed E-state index contributed by atoms with van der Waals surface area (Å²) >= 11 is 1.14. The number of thiazole rings is 1. The van der Waals surface area contributed by atoms with Gasteiger partial charge in [0.1, 0.15) is 19.3 Å². The highest BCUT2D eigenvalue weighted by Crippen LogP contribution is 2.32. The molecule has 32 heavy (non-hydrogen) atoms. The summed E-state index contributed by atoms with van der Waals surface area (Å²) < 4.78 is 44.1. The SMILES string of the molecule is CCOC(=O)Cc1csc(NC(=O)[C@H](NS(=O)(=O)c2ccc3c(c2)OCCO3)C(C)C)n1. The molecular weight excluding hydrogens is 458 g/mol. The number of ether oxygens (including phenoxy) is 3. The van der Waals surface area contributed by atoms with Gasteiger partial charge in [0.2, 0.25) is 15.9 Å². The Morgan fingerprint density at radius 2 is 1.94 bits per heavy atom. The predicted octanol–water partition coefficient (Wildman–Crippen LogP) is 1.96. The summed E-state index contributed by atoms with van der Waals surface area (Å²) in [4.78, 5) is 28.6. The number of rotatable bonds is 9. The number of amides is 1. The molecule has 0 bridgehead atoms. The minimum absolute atomic E-state index is 0.00936. The molecule has 0 saturated carbocycles. The predicted molar refractivity (Wildman–Crippen MR) is 117 cm³/mol. The Balaban J connectivity index is 1.70. The number of hydrogen-bond acceptors (Lipinski definition) is 9. The van der Waals surface area contributed by atoms with Crippen molar-refractivity contribution < 1.29 is 32.2 Å². The monoisotopic (exact) mass is 483 g/mol. The Kier molecular flexibility index (Phi) is 7.69. The number of nitrogens with one attached hydrogen (secondary N) is 2. The molecule has 1 atom stereocenters. The molecule has 0 fully saturated rings. The Morgan fingerprint density at radius 3 is 2.62 bits per heavy atom. The zero-order chi connectivity index (χ0) is 23.3. The highest BCUT2D eigenvalue weighted by molar-refractivity contribution is 7.89. The molecule has 0 unspecified atom stereocenters. The highest BCUT2D eigenvalue weighted by atomic mass is 32.2. The highest BCUT2D eigenvalue weighted by Gasteiger charge is 2.30. The summed E-state index contributed by atoms with van der Waals surface area (Å²) in [5.74, 6) is -0.514. The fourth-order valence-corrected chi connectivity index (χ4v) is 4.98. The standard InChI is InChI=1S/C20H25N3O7S2/c1-4-28-17(24)9-13-11-31-20(21-13)22-19(25)18(12(2)3)23-32(26,27)14-5-6-15-16(10-14)30-8-7-29-15/h5-6,10-12,18,23H,4,7-9H2,1-3H3,(H,21,22,25)/t18-/m1/s1. The second-order valence-corrected chi connectivity index (χ2v) is 9.84. The van der Waals surface area contributed by atoms with Gasteiger partial charge in [-0.3, -0.25) is 9.59 Å². The van der Waals surface area contributed by atoms with E-state index in [4.69, 9.17) is 14.2 Å². The third-order valence-corrected chi connectivity index (χ3v) is 6.71. The quantitative estimate of drug-likeness (QED) is 0.517. The molecule has 174 valence electrons. The number of hydrogen-bond donors (Lipinski definition) is 2. The van der Waals surface area contributed by atoms with Crippen molar-refractivity contribution in [2.24, 2.45) is 5.92 Å². The fraction of sp³-hybridized carbons (Fsp3) is 0.450. The van der Waals surface area contributed by atoms with Gasteiger partial charge in [0, 0.05) is 11.4 Å². The minimum atomic E-state index is -4.02. The molecule has 0 aliphatic carbocycles. The van der Waals surface area contributed by atoms with E-state index in [1.165, 1.54) is 18.2 Å². The van der Waals surface area contributed by atoms with Gasteiger partial charge in [0.05, 0.1) is 23.6 Å². The first-order valence-corrected chi connectivity index (χ1v) is 12.4. The Labute approximate surface area is 190 Å². The van der Waals surface area contributed by atoms with Gasteiger partial charge in [-0.25, -0.2) is 13.4 Å². The van der Waals surface area contributed by atoms with E-state index >= 15 is 0 Å². The molecule has 10 nitrogen and oxygen atoms in total. The number of fused-ring (bicyclic) bond motifs is 1. The van der Waals surface area contributed by atoms with Crippen LogP contribution in [0.25, 0.3) is 0 Å². The fourth-order valence-electron chi connectivity index (χ4n) is 2.91. The second kappa shape index (κ2) is 10.3. The zero-order valence-electron chi connectivity index (χ0n) is 17.9. The van der Waals surface area contributed by atoms with Crippen LogP contribution >= 0.6 is 11.3 Å². The molecule has 1 aliphatic heterocycles. The third kappa shape index (κ3) is 5.96. The van der Waals surface area contributed by atoms with E-state index < -0.39 is 27.9 Å². The molecular formula is C20H25N3O7S2. The topological polar surface area (TPSA) is 133 Å². The van der Waals surface area contributed by atoms with E-state index in [0.29, 0.717) is 30.4 Å². The molecule has 2 heterocycles. The first-order chi connectivity index (χ1) is 15.2. The lowest BCUT2D eigenvalue weighted by atomic mass is 10.1. The van der Waals surface area contributed by atoms with Crippen molar-refractivity contribution in [3.05, 3.63) is 29.3 Å². The van der Waals surface area contributed by atoms with E-state index in [9.17, 15) is 18.0 Å². The van der Waals surface area contributed by atoms with Crippen LogP contribution in [0, 0.1) is 5.92 Å².